The smallest absolute Gasteiger partial charge is 0.166 e. The number of benzene rings is 1. The van der Waals surface area contributed by atoms with Crippen LogP contribution >= 0.6 is 0 Å². The predicted octanol–water partition coefficient (Wildman–Crippen LogP) is 3.78. The van der Waals surface area contributed by atoms with Gasteiger partial charge in [-0.05, 0) is 67.9 Å². The summed E-state index contributed by atoms with van der Waals surface area (Å²) in [4.78, 5) is 12.7. The topological polar surface area (TPSA) is 17.1 Å². The van der Waals surface area contributed by atoms with Gasteiger partial charge in [0.15, 0.2) is 5.78 Å². The van der Waals surface area contributed by atoms with Gasteiger partial charge in [0.05, 0.1) is 0 Å². The van der Waals surface area contributed by atoms with Crippen LogP contribution in [0.2, 0.25) is 0 Å². The fourth-order valence-corrected chi connectivity index (χ4v) is 4.87. The molecule has 94 valence electrons. The molecule has 1 aromatic rings. The summed E-state index contributed by atoms with van der Waals surface area (Å²) >= 11 is 0. The molecule has 3 aliphatic carbocycles. The summed E-state index contributed by atoms with van der Waals surface area (Å²) in [7, 11) is 0. The molecule has 1 aromatic carbocycles. The van der Waals surface area contributed by atoms with Crippen LogP contribution in [-0.4, -0.2) is 5.78 Å². The molecule has 0 radical (unpaired) electrons. The molecule has 4 rings (SSSR count). The van der Waals surface area contributed by atoms with E-state index < -0.39 is 0 Å². The average molecular weight is 240 g/mol. The van der Waals surface area contributed by atoms with Gasteiger partial charge >= 0.3 is 0 Å². The van der Waals surface area contributed by atoms with Gasteiger partial charge in [0.2, 0.25) is 0 Å². The normalized spacial score (nSPS) is 39.8. The molecule has 1 nitrogen and oxygen atoms in total. The van der Waals surface area contributed by atoms with Crippen LogP contribution in [0.25, 0.3) is 0 Å². The standard InChI is InChI=1S/C17H20O/c1-9-4-3-5-13(10(9)2)17(18)16-14-11-6-7-12(8-11)15(14)16/h3-5,11-12,14-16H,6-8H2,1-2H3. The van der Waals surface area contributed by atoms with Crippen LogP contribution in [0.5, 0.6) is 0 Å². The van der Waals surface area contributed by atoms with Crippen molar-refractivity contribution in [3.05, 3.63) is 34.9 Å². The number of carbonyl (C=O) groups excluding carboxylic acids is 1. The summed E-state index contributed by atoms with van der Waals surface area (Å²) in [5, 5.41) is 0. The summed E-state index contributed by atoms with van der Waals surface area (Å²) < 4.78 is 0. The quantitative estimate of drug-likeness (QED) is 0.719. The van der Waals surface area contributed by atoms with E-state index in [0.29, 0.717) is 11.7 Å². The lowest BCUT2D eigenvalue weighted by Gasteiger charge is -2.11. The van der Waals surface area contributed by atoms with E-state index in [9.17, 15) is 4.79 Å². The van der Waals surface area contributed by atoms with Gasteiger partial charge in [-0.1, -0.05) is 18.2 Å². The Kier molecular flexibility index (Phi) is 2.07. The zero-order valence-corrected chi connectivity index (χ0v) is 11.1. The lowest BCUT2D eigenvalue weighted by molar-refractivity contribution is 0.0944. The minimum absolute atomic E-state index is 0.386. The summed E-state index contributed by atoms with van der Waals surface area (Å²) in [6.07, 6.45) is 4.21. The van der Waals surface area contributed by atoms with Gasteiger partial charge in [0.1, 0.15) is 0 Å². The Morgan fingerprint density at radius 1 is 1.11 bits per heavy atom. The van der Waals surface area contributed by atoms with Crippen LogP contribution < -0.4 is 0 Å². The monoisotopic (exact) mass is 240 g/mol. The van der Waals surface area contributed by atoms with Crippen molar-refractivity contribution in [2.45, 2.75) is 33.1 Å². The van der Waals surface area contributed by atoms with Crippen molar-refractivity contribution in [3.8, 4) is 0 Å². The number of hydrogen-bond donors (Lipinski definition) is 0. The van der Waals surface area contributed by atoms with E-state index in [2.05, 4.69) is 19.9 Å². The Morgan fingerprint density at radius 2 is 1.78 bits per heavy atom. The van der Waals surface area contributed by atoms with E-state index in [0.717, 1.165) is 29.2 Å². The number of Topliss-reactive ketones (excluding diaryl/α,β-unsaturated/α-hetero) is 1. The molecule has 2 bridgehead atoms. The summed E-state index contributed by atoms with van der Waals surface area (Å²) in [6.45, 7) is 4.19. The molecule has 0 N–H and O–H groups in total. The molecule has 3 aliphatic rings. The molecule has 0 heterocycles. The molecule has 0 spiro atoms. The highest BCUT2D eigenvalue weighted by molar-refractivity contribution is 6.01. The van der Waals surface area contributed by atoms with E-state index >= 15 is 0 Å². The molecule has 18 heavy (non-hydrogen) atoms. The molecule has 0 amide bonds. The highest BCUT2D eigenvalue weighted by Crippen LogP contribution is 2.70. The SMILES string of the molecule is Cc1cccc(C(=O)C2C3C4CCC(C4)C23)c1C. The van der Waals surface area contributed by atoms with Gasteiger partial charge in [-0.15, -0.1) is 0 Å². The highest BCUT2D eigenvalue weighted by atomic mass is 16.1. The maximum absolute atomic E-state index is 12.7. The summed E-state index contributed by atoms with van der Waals surface area (Å²) in [5.74, 6) is 4.13. The van der Waals surface area contributed by atoms with E-state index in [1.54, 1.807) is 0 Å². The van der Waals surface area contributed by atoms with Crippen LogP contribution in [-0.2, 0) is 0 Å². The van der Waals surface area contributed by atoms with Crippen molar-refractivity contribution in [2.24, 2.45) is 29.6 Å². The molecule has 3 fully saturated rings. The molecule has 0 saturated heterocycles. The van der Waals surface area contributed by atoms with E-state index in [-0.39, 0.29) is 0 Å². The average Bonchev–Trinajstić information content (AvgIpc) is 2.80. The van der Waals surface area contributed by atoms with Gasteiger partial charge in [0, 0.05) is 11.5 Å². The number of rotatable bonds is 2. The molecule has 0 aliphatic heterocycles. The molecule has 3 saturated carbocycles. The van der Waals surface area contributed by atoms with E-state index in [1.165, 1.54) is 30.4 Å². The predicted molar refractivity (Wildman–Crippen MR) is 71.5 cm³/mol. The van der Waals surface area contributed by atoms with Gasteiger partial charge in [-0.25, -0.2) is 0 Å². The maximum Gasteiger partial charge on any atom is 0.166 e. The van der Waals surface area contributed by atoms with Crippen LogP contribution in [0, 0.1) is 43.4 Å². The Labute approximate surface area is 109 Å². The fraction of sp³-hybridized carbons (Fsp3) is 0.588. The number of aryl methyl sites for hydroxylation is 1. The minimum Gasteiger partial charge on any atom is -0.294 e. The first kappa shape index (κ1) is 10.8. The van der Waals surface area contributed by atoms with Crippen molar-refractivity contribution >= 4 is 5.78 Å². The fourth-order valence-electron chi connectivity index (χ4n) is 4.87. The third kappa shape index (κ3) is 1.25. The Bertz CT molecular complexity index is 514. The lowest BCUT2D eigenvalue weighted by atomic mass is 9.92. The second-order valence-corrected chi connectivity index (χ2v) is 6.63. The van der Waals surface area contributed by atoms with Crippen LogP contribution in [0.3, 0.4) is 0 Å². The first-order valence-electron chi connectivity index (χ1n) is 7.29. The van der Waals surface area contributed by atoms with E-state index in [4.69, 9.17) is 0 Å². The zero-order valence-electron chi connectivity index (χ0n) is 11.1. The highest BCUT2D eigenvalue weighted by Gasteiger charge is 2.67. The van der Waals surface area contributed by atoms with Crippen molar-refractivity contribution in [3.63, 3.8) is 0 Å². The second kappa shape index (κ2) is 3.46. The third-order valence-corrected chi connectivity index (χ3v) is 5.91. The van der Waals surface area contributed by atoms with Crippen LogP contribution in [0.4, 0.5) is 0 Å². The Hall–Kier alpha value is -1.11. The molecule has 4 unspecified atom stereocenters. The molecule has 4 atom stereocenters. The Balaban J connectivity index is 1.64. The summed E-state index contributed by atoms with van der Waals surface area (Å²) in [5.41, 5.74) is 3.43. The first-order valence-corrected chi connectivity index (χ1v) is 7.29. The van der Waals surface area contributed by atoms with Crippen molar-refractivity contribution in [1.29, 1.82) is 0 Å². The number of carbonyl (C=O) groups is 1. The largest absolute Gasteiger partial charge is 0.294 e. The van der Waals surface area contributed by atoms with Crippen LogP contribution in [0.15, 0.2) is 18.2 Å². The number of fused-ring (bicyclic) bond motifs is 5. The van der Waals surface area contributed by atoms with Gasteiger partial charge in [-0.2, -0.15) is 0 Å². The molecule has 0 aromatic heterocycles. The maximum atomic E-state index is 12.7. The van der Waals surface area contributed by atoms with E-state index in [1.807, 2.05) is 12.1 Å². The third-order valence-electron chi connectivity index (χ3n) is 5.91. The number of ketones is 1. The molecular weight excluding hydrogens is 220 g/mol. The summed E-state index contributed by atoms with van der Waals surface area (Å²) in [6, 6.07) is 6.16. The Morgan fingerprint density at radius 3 is 2.44 bits per heavy atom. The van der Waals surface area contributed by atoms with Crippen LogP contribution in [0.1, 0.15) is 40.7 Å². The van der Waals surface area contributed by atoms with Gasteiger partial charge in [-0.3, -0.25) is 4.79 Å². The van der Waals surface area contributed by atoms with Crippen molar-refractivity contribution in [1.82, 2.24) is 0 Å². The minimum atomic E-state index is 0.386. The lowest BCUT2D eigenvalue weighted by Crippen LogP contribution is -2.11. The van der Waals surface area contributed by atoms with Crippen molar-refractivity contribution < 1.29 is 4.79 Å². The first-order chi connectivity index (χ1) is 8.68. The molecule has 1 heteroatoms. The van der Waals surface area contributed by atoms with Gasteiger partial charge < -0.3 is 0 Å². The van der Waals surface area contributed by atoms with Crippen molar-refractivity contribution in [2.75, 3.05) is 0 Å². The van der Waals surface area contributed by atoms with Gasteiger partial charge in [0.25, 0.3) is 0 Å². The zero-order chi connectivity index (χ0) is 12.4. The second-order valence-electron chi connectivity index (χ2n) is 6.63. The number of hydrogen-bond acceptors (Lipinski definition) is 1. The molecular formula is C17H20O.